The van der Waals surface area contributed by atoms with Crippen LogP contribution in [-0.2, 0) is 17.6 Å². The van der Waals surface area contributed by atoms with E-state index in [4.69, 9.17) is 5.10 Å². The summed E-state index contributed by atoms with van der Waals surface area (Å²) in [5, 5.41) is 26.5. The third-order valence-electron chi connectivity index (χ3n) is 8.62. The van der Waals surface area contributed by atoms with Gasteiger partial charge >= 0.3 is 0 Å². The first-order valence-electron chi connectivity index (χ1n) is 13.7. The maximum Gasteiger partial charge on any atom is 0.254 e. The van der Waals surface area contributed by atoms with Crippen LogP contribution in [0.3, 0.4) is 0 Å². The molecule has 2 amide bonds. The van der Waals surface area contributed by atoms with E-state index in [0.717, 1.165) is 35.4 Å². The number of thiazole rings is 1. The molecular formula is C30H29N5O4S. The smallest absolute Gasteiger partial charge is 0.254 e. The maximum atomic E-state index is 14.0. The number of nitrogens with zero attached hydrogens (tertiary/aromatic N) is 5. The molecule has 2 aromatic heterocycles. The largest absolute Gasteiger partial charge is 0.506 e. The minimum atomic E-state index is -0.434. The Morgan fingerprint density at radius 3 is 2.67 bits per heavy atom. The summed E-state index contributed by atoms with van der Waals surface area (Å²) in [6.07, 6.45) is 5.89. The van der Waals surface area contributed by atoms with Gasteiger partial charge in [-0.3, -0.25) is 9.59 Å². The zero-order valence-corrected chi connectivity index (χ0v) is 22.7. The fraction of sp³-hybridized carbons (Fsp3) is 0.333. The summed E-state index contributed by atoms with van der Waals surface area (Å²) in [7, 11) is 0. The summed E-state index contributed by atoms with van der Waals surface area (Å²) in [5.41, 5.74) is 7.04. The van der Waals surface area contributed by atoms with Gasteiger partial charge in [-0.1, -0.05) is 19.1 Å². The van der Waals surface area contributed by atoms with Gasteiger partial charge in [0.15, 0.2) is 0 Å². The average Bonchev–Trinajstić information content (AvgIpc) is 3.49. The van der Waals surface area contributed by atoms with Crippen molar-refractivity contribution in [3.05, 3.63) is 76.6 Å². The summed E-state index contributed by atoms with van der Waals surface area (Å²) < 4.78 is 2.47. The number of aromatic nitrogens is 3. The Kier molecular flexibility index (Phi) is 5.88. The second-order valence-corrected chi connectivity index (χ2v) is 11.6. The number of rotatable bonds is 4. The molecule has 204 valence electrons. The number of phenolic OH excluding ortho intramolecular Hbond substituents is 2. The van der Waals surface area contributed by atoms with E-state index in [-0.39, 0.29) is 23.3 Å². The first kappa shape index (κ1) is 24.8. The lowest BCUT2D eigenvalue weighted by Gasteiger charge is -2.38. The van der Waals surface area contributed by atoms with Gasteiger partial charge in [0.25, 0.3) is 5.91 Å². The molecule has 1 aliphatic carbocycles. The van der Waals surface area contributed by atoms with Crippen molar-refractivity contribution in [2.24, 2.45) is 0 Å². The number of hydrogen-bond acceptors (Lipinski definition) is 7. The topological polar surface area (TPSA) is 112 Å². The summed E-state index contributed by atoms with van der Waals surface area (Å²) in [6, 6.07) is 8.65. The zero-order valence-electron chi connectivity index (χ0n) is 21.9. The summed E-state index contributed by atoms with van der Waals surface area (Å²) >= 11 is 1.32. The van der Waals surface area contributed by atoms with Gasteiger partial charge < -0.3 is 20.0 Å². The maximum absolute atomic E-state index is 14.0. The van der Waals surface area contributed by atoms with E-state index in [2.05, 4.69) is 17.6 Å². The third kappa shape index (κ3) is 3.89. The van der Waals surface area contributed by atoms with Crippen LogP contribution in [0.15, 0.2) is 48.5 Å². The highest BCUT2D eigenvalue weighted by Gasteiger charge is 2.40. The van der Waals surface area contributed by atoms with Crippen LogP contribution in [0.5, 0.6) is 11.5 Å². The Bertz CT molecular complexity index is 1690. The molecule has 1 fully saturated rings. The Hall–Kier alpha value is -4.18. The second kappa shape index (κ2) is 9.48. The fourth-order valence-electron chi connectivity index (χ4n) is 6.32. The number of phenols is 2. The highest BCUT2D eigenvalue weighted by atomic mass is 32.1. The first-order chi connectivity index (χ1) is 19.4. The van der Waals surface area contributed by atoms with Crippen LogP contribution in [0.25, 0.3) is 15.9 Å². The molecular weight excluding hydrogens is 526 g/mol. The minimum absolute atomic E-state index is 0.0275. The van der Waals surface area contributed by atoms with Crippen LogP contribution in [0.4, 0.5) is 0 Å². The van der Waals surface area contributed by atoms with E-state index in [9.17, 15) is 19.8 Å². The van der Waals surface area contributed by atoms with Crippen molar-refractivity contribution in [3.63, 3.8) is 0 Å². The van der Waals surface area contributed by atoms with Gasteiger partial charge in [0.05, 0.1) is 33.2 Å². The van der Waals surface area contributed by atoms with Gasteiger partial charge in [0.1, 0.15) is 17.2 Å². The Balaban J connectivity index is 1.30. The number of carbonyl (C=O) groups is 2. The van der Waals surface area contributed by atoms with Gasteiger partial charge in [-0.15, -0.1) is 11.3 Å². The van der Waals surface area contributed by atoms with Gasteiger partial charge in [-0.05, 0) is 54.7 Å². The van der Waals surface area contributed by atoms with Crippen molar-refractivity contribution in [2.45, 2.75) is 44.1 Å². The molecule has 2 aliphatic heterocycles. The number of benzene rings is 2. The Morgan fingerprint density at radius 1 is 1.07 bits per heavy atom. The van der Waals surface area contributed by atoms with E-state index in [0.29, 0.717) is 59.9 Å². The molecule has 0 bridgehead atoms. The average molecular weight is 556 g/mol. The van der Waals surface area contributed by atoms with Crippen molar-refractivity contribution in [1.29, 1.82) is 0 Å². The van der Waals surface area contributed by atoms with Gasteiger partial charge in [0.2, 0.25) is 5.91 Å². The van der Waals surface area contributed by atoms with Crippen molar-refractivity contribution in [2.75, 3.05) is 19.6 Å². The lowest BCUT2D eigenvalue weighted by atomic mass is 9.80. The van der Waals surface area contributed by atoms with Crippen LogP contribution in [0, 0.1) is 0 Å². The van der Waals surface area contributed by atoms with Crippen LogP contribution < -0.4 is 0 Å². The number of carbonyl (C=O) groups excluding carboxylic acids is 2. The molecule has 0 unspecified atom stereocenters. The Morgan fingerprint density at radius 2 is 1.93 bits per heavy atom. The molecule has 0 radical (unpaired) electrons. The van der Waals surface area contributed by atoms with Crippen molar-refractivity contribution < 1.29 is 19.8 Å². The van der Waals surface area contributed by atoms with Crippen LogP contribution in [-0.4, -0.2) is 66.2 Å². The molecule has 40 heavy (non-hydrogen) atoms. The lowest BCUT2D eigenvalue weighted by molar-refractivity contribution is -0.126. The minimum Gasteiger partial charge on any atom is -0.506 e. The second-order valence-electron chi connectivity index (χ2n) is 10.8. The zero-order chi connectivity index (χ0) is 27.5. The van der Waals surface area contributed by atoms with Crippen LogP contribution in [0.2, 0.25) is 0 Å². The molecule has 2 N–H and O–H groups in total. The molecule has 4 heterocycles. The number of aromatic hydroxyl groups is 2. The van der Waals surface area contributed by atoms with Gasteiger partial charge in [0, 0.05) is 43.6 Å². The van der Waals surface area contributed by atoms with E-state index >= 15 is 0 Å². The monoisotopic (exact) mass is 555 g/mol. The molecule has 4 aromatic rings. The SMILES string of the molecule is C=CC(=O)N1CCc2nn(-c3ccc(C4CCC4)cc3O)c3c2[C@H](C1)N(C(=O)c1cc(O)c2scnc2c1)CC3. The van der Waals surface area contributed by atoms with Crippen LogP contribution >= 0.6 is 11.3 Å². The van der Waals surface area contributed by atoms with Gasteiger partial charge in [-0.25, -0.2) is 9.67 Å². The molecule has 2 aromatic carbocycles. The highest BCUT2D eigenvalue weighted by molar-refractivity contribution is 7.17. The molecule has 0 saturated heterocycles. The number of hydrogen-bond donors (Lipinski definition) is 2. The summed E-state index contributed by atoms with van der Waals surface area (Å²) in [4.78, 5) is 34.5. The number of amides is 2. The predicted octanol–water partition coefficient (Wildman–Crippen LogP) is 4.47. The Labute approximate surface area is 235 Å². The quantitative estimate of drug-likeness (QED) is 0.360. The lowest BCUT2D eigenvalue weighted by Crippen LogP contribution is -2.45. The molecule has 3 aliphatic rings. The molecule has 0 spiro atoms. The van der Waals surface area contributed by atoms with E-state index < -0.39 is 6.04 Å². The van der Waals surface area contributed by atoms with Crippen LogP contribution in [0.1, 0.15) is 64.1 Å². The van der Waals surface area contributed by atoms with E-state index in [1.54, 1.807) is 21.4 Å². The van der Waals surface area contributed by atoms with Gasteiger partial charge in [-0.2, -0.15) is 5.10 Å². The molecule has 9 nitrogen and oxygen atoms in total. The first-order valence-corrected chi connectivity index (χ1v) is 14.5. The standard InChI is InChI=1S/C30H29N5O4S/c1-2-27(38)33-10-8-20-28-23(35(32-20)22-7-6-18(13-25(22)36)17-4-3-5-17)9-11-34(24(28)15-33)30(39)19-12-21-29(26(37)14-19)40-16-31-21/h2,6-7,12-14,16-17,24,36-37H,1,3-5,8-11,15H2/t24-/m0/s1. The molecule has 1 atom stereocenters. The fourth-order valence-corrected chi connectivity index (χ4v) is 7.01. The van der Waals surface area contributed by atoms with E-state index in [1.807, 2.05) is 16.8 Å². The molecule has 1 saturated carbocycles. The van der Waals surface area contributed by atoms with Crippen molar-refractivity contribution >= 4 is 33.4 Å². The summed E-state index contributed by atoms with van der Waals surface area (Å²) in [5.74, 6) is 0.306. The third-order valence-corrected chi connectivity index (χ3v) is 9.48. The van der Waals surface area contributed by atoms with Crippen molar-refractivity contribution in [3.8, 4) is 17.2 Å². The molecule has 10 heteroatoms. The highest BCUT2D eigenvalue weighted by Crippen LogP contribution is 2.42. The molecule has 7 rings (SSSR count). The summed E-state index contributed by atoms with van der Waals surface area (Å²) in [6.45, 7) is 4.81. The number of fused-ring (bicyclic) bond motifs is 1. The van der Waals surface area contributed by atoms with Crippen molar-refractivity contribution in [1.82, 2.24) is 24.6 Å². The normalized spacial score (nSPS) is 18.8. The van der Waals surface area contributed by atoms with E-state index in [1.165, 1.54) is 29.9 Å². The predicted molar refractivity (Wildman–Crippen MR) is 151 cm³/mol.